The van der Waals surface area contributed by atoms with Crippen LogP contribution in [-0.2, 0) is 9.59 Å². The maximum Gasteiger partial charge on any atom is 0.239 e. The van der Waals surface area contributed by atoms with Gasteiger partial charge in [0.05, 0.1) is 13.1 Å². The molecule has 0 unspecified atom stereocenters. The van der Waals surface area contributed by atoms with Gasteiger partial charge in [-0.1, -0.05) is 0 Å². The van der Waals surface area contributed by atoms with Crippen LogP contribution < -0.4 is 22.1 Å². The van der Waals surface area contributed by atoms with Crippen LogP contribution in [0.25, 0.3) is 0 Å². The van der Waals surface area contributed by atoms with E-state index in [9.17, 15) is 9.59 Å². The molecule has 0 aromatic heterocycles. The first-order chi connectivity index (χ1) is 7.61. The molecule has 0 bridgehead atoms. The summed E-state index contributed by atoms with van der Waals surface area (Å²) in [6.45, 7) is -0.0931. The van der Waals surface area contributed by atoms with Gasteiger partial charge in [0.1, 0.15) is 0 Å². The van der Waals surface area contributed by atoms with E-state index in [1.165, 1.54) is 0 Å². The summed E-state index contributed by atoms with van der Waals surface area (Å²) in [5, 5.41) is 5.30. The number of hydrogen-bond acceptors (Lipinski definition) is 4. The van der Waals surface area contributed by atoms with Crippen molar-refractivity contribution in [1.29, 1.82) is 0 Å². The van der Waals surface area contributed by atoms with Crippen LogP contribution in [0, 0.1) is 0 Å². The fourth-order valence-corrected chi connectivity index (χ4v) is 1.79. The van der Waals surface area contributed by atoms with Crippen LogP contribution in [0.15, 0.2) is 0 Å². The molecule has 0 aromatic carbocycles. The Morgan fingerprint density at radius 2 is 1.75 bits per heavy atom. The largest absolute Gasteiger partial charge is 0.352 e. The minimum absolute atomic E-state index is 0.00140. The molecule has 6 heteroatoms. The monoisotopic (exact) mass is 228 g/mol. The van der Waals surface area contributed by atoms with E-state index in [4.69, 9.17) is 11.5 Å². The van der Waals surface area contributed by atoms with E-state index >= 15 is 0 Å². The van der Waals surface area contributed by atoms with Gasteiger partial charge in [-0.25, -0.2) is 0 Å². The third-order valence-electron chi connectivity index (χ3n) is 2.77. The third kappa shape index (κ3) is 4.59. The molecule has 6 nitrogen and oxygen atoms in total. The summed E-state index contributed by atoms with van der Waals surface area (Å²) in [4.78, 5) is 22.2. The zero-order valence-corrected chi connectivity index (χ0v) is 9.37. The Labute approximate surface area is 95.1 Å². The molecule has 0 spiro atoms. The van der Waals surface area contributed by atoms with Crippen molar-refractivity contribution in [3.8, 4) is 0 Å². The fourth-order valence-electron chi connectivity index (χ4n) is 1.79. The standard InChI is InChI=1S/C10H20N4O2/c11-5-9(15)13-6-10(16)14-8-3-1-7(12)2-4-8/h7-8H,1-6,11-12H2,(H,13,15)(H,14,16). The molecule has 0 aliphatic heterocycles. The number of hydrogen-bond donors (Lipinski definition) is 4. The lowest BCUT2D eigenvalue weighted by molar-refractivity contribution is -0.125. The number of carbonyl (C=O) groups is 2. The quantitative estimate of drug-likeness (QED) is 0.467. The van der Waals surface area contributed by atoms with Gasteiger partial charge in [0.2, 0.25) is 11.8 Å². The first-order valence-electron chi connectivity index (χ1n) is 5.63. The van der Waals surface area contributed by atoms with Gasteiger partial charge in [-0.3, -0.25) is 9.59 Å². The van der Waals surface area contributed by atoms with Gasteiger partial charge in [-0.2, -0.15) is 0 Å². The molecule has 92 valence electrons. The SMILES string of the molecule is NCC(=O)NCC(=O)NC1CCC(N)CC1. The lowest BCUT2D eigenvalue weighted by atomic mass is 9.92. The Morgan fingerprint density at radius 1 is 1.12 bits per heavy atom. The van der Waals surface area contributed by atoms with Crippen LogP contribution in [0.5, 0.6) is 0 Å². The summed E-state index contributed by atoms with van der Waals surface area (Å²) >= 11 is 0. The van der Waals surface area contributed by atoms with Crippen LogP contribution in [0.2, 0.25) is 0 Å². The van der Waals surface area contributed by atoms with Gasteiger partial charge >= 0.3 is 0 Å². The first-order valence-corrected chi connectivity index (χ1v) is 5.63. The van der Waals surface area contributed by atoms with Crippen molar-refractivity contribution in [2.75, 3.05) is 13.1 Å². The van der Waals surface area contributed by atoms with Crippen molar-refractivity contribution in [2.45, 2.75) is 37.8 Å². The number of carbonyl (C=O) groups excluding carboxylic acids is 2. The molecule has 0 aromatic rings. The van der Waals surface area contributed by atoms with E-state index in [0.29, 0.717) is 0 Å². The van der Waals surface area contributed by atoms with Crippen LogP contribution in [0.4, 0.5) is 0 Å². The summed E-state index contributed by atoms with van der Waals surface area (Å²) in [7, 11) is 0. The normalized spacial score (nSPS) is 24.9. The molecule has 1 rings (SSSR count). The van der Waals surface area contributed by atoms with Crippen molar-refractivity contribution < 1.29 is 9.59 Å². The van der Waals surface area contributed by atoms with Crippen LogP contribution in [0.3, 0.4) is 0 Å². The van der Waals surface area contributed by atoms with Crippen molar-refractivity contribution in [3.63, 3.8) is 0 Å². The zero-order valence-electron chi connectivity index (χ0n) is 9.37. The molecule has 0 saturated heterocycles. The van der Waals surface area contributed by atoms with Crippen molar-refractivity contribution in [1.82, 2.24) is 10.6 Å². The van der Waals surface area contributed by atoms with Crippen LogP contribution >= 0.6 is 0 Å². The molecule has 0 atom stereocenters. The molecular weight excluding hydrogens is 208 g/mol. The van der Waals surface area contributed by atoms with Crippen molar-refractivity contribution >= 4 is 11.8 Å². The number of amides is 2. The number of nitrogens with two attached hydrogens (primary N) is 2. The average molecular weight is 228 g/mol. The van der Waals surface area contributed by atoms with E-state index in [1.54, 1.807) is 0 Å². The summed E-state index contributed by atoms with van der Waals surface area (Å²) in [5.74, 6) is -0.483. The third-order valence-corrected chi connectivity index (χ3v) is 2.77. The van der Waals surface area contributed by atoms with E-state index in [-0.39, 0.29) is 37.0 Å². The van der Waals surface area contributed by atoms with Crippen molar-refractivity contribution in [2.24, 2.45) is 11.5 Å². The van der Waals surface area contributed by atoms with Gasteiger partial charge in [0.15, 0.2) is 0 Å². The highest BCUT2D eigenvalue weighted by Gasteiger charge is 2.19. The smallest absolute Gasteiger partial charge is 0.239 e. The molecule has 6 N–H and O–H groups in total. The first kappa shape index (κ1) is 12.9. The molecule has 1 saturated carbocycles. The molecule has 1 aliphatic carbocycles. The second-order valence-electron chi connectivity index (χ2n) is 4.16. The highest BCUT2D eigenvalue weighted by Crippen LogP contribution is 2.16. The number of nitrogens with one attached hydrogen (secondary N) is 2. The van der Waals surface area contributed by atoms with Gasteiger partial charge in [0, 0.05) is 12.1 Å². The second-order valence-corrected chi connectivity index (χ2v) is 4.16. The predicted molar refractivity (Wildman–Crippen MR) is 60.4 cm³/mol. The maximum atomic E-state index is 11.4. The average Bonchev–Trinajstić information content (AvgIpc) is 2.29. The molecule has 1 fully saturated rings. The van der Waals surface area contributed by atoms with E-state index < -0.39 is 0 Å². The van der Waals surface area contributed by atoms with E-state index in [1.807, 2.05) is 0 Å². The number of rotatable bonds is 4. The van der Waals surface area contributed by atoms with E-state index in [0.717, 1.165) is 25.7 Å². The minimum Gasteiger partial charge on any atom is -0.352 e. The summed E-state index contributed by atoms with van der Waals surface area (Å²) in [6.07, 6.45) is 3.72. The molecule has 0 heterocycles. The summed E-state index contributed by atoms with van der Waals surface area (Å²) in [6, 6.07) is 0.465. The predicted octanol–water partition coefficient (Wildman–Crippen LogP) is -1.55. The second kappa shape index (κ2) is 6.44. The highest BCUT2D eigenvalue weighted by molar-refractivity contribution is 5.85. The fraction of sp³-hybridized carbons (Fsp3) is 0.800. The lowest BCUT2D eigenvalue weighted by Gasteiger charge is -2.26. The molecule has 16 heavy (non-hydrogen) atoms. The Balaban J connectivity index is 2.16. The van der Waals surface area contributed by atoms with Gasteiger partial charge in [-0.05, 0) is 25.7 Å². The zero-order chi connectivity index (χ0) is 12.0. The van der Waals surface area contributed by atoms with Gasteiger partial charge in [-0.15, -0.1) is 0 Å². The maximum absolute atomic E-state index is 11.4. The molecule has 2 amide bonds. The van der Waals surface area contributed by atoms with Gasteiger partial charge < -0.3 is 22.1 Å². The minimum atomic E-state index is -0.319. The Morgan fingerprint density at radius 3 is 2.31 bits per heavy atom. The highest BCUT2D eigenvalue weighted by atomic mass is 16.2. The molecule has 0 radical (unpaired) electrons. The van der Waals surface area contributed by atoms with E-state index in [2.05, 4.69) is 10.6 Å². The van der Waals surface area contributed by atoms with Gasteiger partial charge in [0.25, 0.3) is 0 Å². The molecule has 1 aliphatic rings. The molecular formula is C10H20N4O2. The Hall–Kier alpha value is -1.14. The van der Waals surface area contributed by atoms with Crippen LogP contribution in [0.1, 0.15) is 25.7 Å². The Kier molecular flexibility index (Phi) is 5.21. The summed E-state index contributed by atoms with van der Waals surface area (Å²) in [5.41, 5.74) is 10.9. The topological polar surface area (TPSA) is 110 Å². The van der Waals surface area contributed by atoms with Crippen LogP contribution in [-0.4, -0.2) is 37.0 Å². The van der Waals surface area contributed by atoms with Crippen molar-refractivity contribution in [3.05, 3.63) is 0 Å². The summed E-state index contributed by atoms with van der Waals surface area (Å²) < 4.78 is 0. The lowest BCUT2D eigenvalue weighted by Crippen LogP contribution is -2.45. The Bertz CT molecular complexity index is 249.